The Hall–Kier alpha value is -0.930. The first-order chi connectivity index (χ1) is 7.18. The molecule has 1 heterocycles. The molecule has 0 amide bonds. The van der Waals surface area contributed by atoms with E-state index in [0.29, 0.717) is 0 Å². The van der Waals surface area contributed by atoms with Crippen molar-refractivity contribution in [3.05, 3.63) is 56.2 Å². The lowest BCUT2D eigenvalue weighted by molar-refractivity contribution is 0.104. The third-order valence-corrected chi connectivity index (χ3v) is 3.54. The number of hydrogen-bond acceptors (Lipinski definition) is 2. The monoisotopic (exact) mass is 280 g/mol. The molecule has 0 bridgehead atoms. The van der Waals surface area contributed by atoms with Gasteiger partial charge in [-0.3, -0.25) is 4.79 Å². The fourth-order valence-electron chi connectivity index (χ4n) is 1.42. The zero-order chi connectivity index (χ0) is 10.8. The van der Waals surface area contributed by atoms with Crippen LogP contribution in [0.15, 0.2) is 40.2 Å². The second-order valence-corrected chi connectivity index (χ2v) is 5.13. The first-order valence-electron chi connectivity index (χ1n) is 4.53. The molecular formula is C12H9BrOS. The summed E-state index contributed by atoms with van der Waals surface area (Å²) >= 11 is 4.86. The van der Waals surface area contributed by atoms with Crippen LogP contribution in [0.2, 0.25) is 0 Å². The molecule has 0 saturated carbocycles. The minimum atomic E-state index is 0.106. The number of carbonyl (C=O) groups excluding carboxylic acids is 1. The Labute approximate surface area is 101 Å². The van der Waals surface area contributed by atoms with Crippen molar-refractivity contribution in [2.24, 2.45) is 0 Å². The van der Waals surface area contributed by atoms with Crippen LogP contribution in [0.25, 0.3) is 0 Å². The van der Waals surface area contributed by atoms with Crippen LogP contribution in [-0.4, -0.2) is 5.78 Å². The molecule has 1 nitrogen and oxygen atoms in total. The number of aryl methyl sites for hydroxylation is 1. The summed E-state index contributed by atoms with van der Waals surface area (Å²) in [5, 5.41) is 1.92. The number of ketones is 1. The summed E-state index contributed by atoms with van der Waals surface area (Å²) in [6.07, 6.45) is 0. The Kier molecular flexibility index (Phi) is 3.03. The lowest BCUT2D eigenvalue weighted by Crippen LogP contribution is -2.00. The largest absolute Gasteiger partial charge is 0.288 e. The van der Waals surface area contributed by atoms with E-state index in [9.17, 15) is 4.79 Å². The number of thiophene rings is 1. The van der Waals surface area contributed by atoms with Gasteiger partial charge in [-0.15, -0.1) is 11.3 Å². The van der Waals surface area contributed by atoms with Gasteiger partial charge in [0, 0.05) is 10.0 Å². The van der Waals surface area contributed by atoms with Crippen LogP contribution in [0.1, 0.15) is 20.8 Å². The fraction of sp³-hybridized carbons (Fsp3) is 0.0833. The van der Waals surface area contributed by atoms with Gasteiger partial charge in [0.05, 0.1) is 4.88 Å². The number of halogens is 1. The number of carbonyl (C=O) groups is 1. The van der Waals surface area contributed by atoms with Crippen molar-refractivity contribution in [2.75, 3.05) is 0 Å². The summed E-state index contributed by atoms with van der Waals surface area (Å²) in [6.45, 7) is 1.95. The Bertz CT molecular complexity index is 488. The van der Waals surface area contributed by atoms with E-state index in [0.717, 1.165) is 20.5 Å². The molecule has 0 aliphatic rings. The highest BCUT2D eigenvalue weighted by atomic mass is 79.9. The maximum absolute atomic E-state index is 12.0. The van der Waals surface area contributed by atoms with Gasteiger partial charge < -0.3 is 0 Å². The van der Waals surface area contributed by atoms with Crippen molar-refractivity contribution in [3.63, 3.8) is 0 Å². The predicted octanol–water partition coefficient (Wildman–Crippen LogP) is 4.05. The van der Waals surface area contributed by atoms with Crippen molar-refractivity contribution >= 4 is 33.0 Å². The van der Waals surface area contributed by atoms with Crippen LogP contribution in [0, 0.1) is 6.92 Å². The van der Waals surface area contributed by atoms with E-state index < -0.39 is 0 Å². The fourth-order valence-corrected chi connectivity index (χ4v) is 2.58. The highest BCUT2D eigenvalue weighted by molar-refractivity contribution is 9.10. The second-order valence-electron chi connectivity index (χ2n) is 3.27. The third kappa shape index (κ3) is 2.19. The molecule has 2 aromatic rings. The SMILES string of the molecule is Cc1cc(Br)ccc1C(=O)c1cccs1. The van der Waals surface area contributed by atoms with Crippen LogP contribution in [-0.2, 0) is 0 Å². The summed E-state index contributed by atoms with van der Waals surface area (Å²) in [4.78, 5) is 12.8. The molecule has 0 atom stereocenters. The maximum Gasteiger partial charge on any atom is 0.203 e. The lowest BCUT2D eigenvalue weighted by Gasteiger charge is -2.03. The number of rotatable bonds is 2. The van der Waals surface area contributed by atoms with E-state index in [-0.39, 0.29) is 5.78 Å². The summed E-state index contributed by atoms with van der Waals surface area (Å²) in [7, 11) is 0. The minimum Gasteiger partial charge on any atom is -0.288 e. The van der Waals surface area contributed by atoms with Gasteiger partial charge in [0.15, 0.2) is 0 Å². The molecule has 0 saturated heterocycles. The van der Waals surface area contributed by atoms with Gasteiger partial charge in [-0.05, 0) is 42.1 Å². The van der Waals surface area contributed by atoms with Crippen molar-refractivity contribution < 1.29 is 4.79 Å². The lowest BCUT2D eigenvalue weighted by atomic mass is 10.0. The molecule has 1 aromatic heterocycles. The molecule has 0 unspecified atom stereocenters. The third-order valence-electron chi connectivity index (χ3n) is 2.18. The van der Waals surface area contributed by atoms with E-state index in [2.05, 4.69) is 15.9 Å². The molecule has 3 heteroatoms. The van der Waals surface area contributed by atoms with Crippen LogP contribution < -0.4 is 0 Å². The number of hydrogen-bond donors (Lipinski definition) is 0. The van der Waals surface area contributed by atoms with Crippen LogP contribution in [0.5, 0.6) is 0 Å². The van der Waals surface area contributed by atoms with E-state index in [1.165, 1.54) is 11.3 Å². The van der Waals surface area contributed by atoms with Crippen molar-refractivity contribution in [1.29, 1.82) is 0 Å². The van der Waals surface area contributed by atoms with Gasteiger partial charge >= 0.3 is 0 Å². The standard InChI is InChI=1S/C12H9BrOS/c1-8-7-9(13)4-5-10(8)12(14)11-3-2-6-15-11/h2-7H,1H3. The zero-order valence-corrected chi connectivity index (χ0v) is 10.6. The molecule has 0 spiro atoms. The van der Waals surface area contributed by atoms with Crippen molar-refractivity contribution in [1.82, 2.24) is 0 Å². The quantitative estimate of drug-likeness (QED) is 0.759. The molecule has 2 rings (SSSR count). The molecule has 0 radical (unpaired) electrons. The van der Waals surface area contributed by atoms with Gasteiger partial charge in [-0.2, -0.15) is 0 Å². The van der Waals surface area contributed by atoms with Crippen LogP contribution >= 0.6 is 27.3 Å². The molecule has 0 aliphatic carbocycles. The zero-order valence-electron chi connectivity index (χ0n) is 8.16. The Balaban J connectivity index is 2.42. The van der Waals surface area contributed by atoms with Crippen molar-refractivity contribution in [3.8, 4) is 0 Å². The maximum atomic E-state index is 12.0. The van der Waals surface area contributed by atoms with E-state index in [1.54, 1.807) is 0 Å². The van der Waals surface area contributed by atoms with Crippen molar-refractivity contribution in [2.45, 2.75) is 6.92 Å². The smallest absolute Gasteiger partial charge is 0.203 e. The first-order valence-corrected chi connectivity index (χ1v) is 6.20. The number of benzene rings is 1. The summed E-state index contributed by atoms with van der Waals surface area (Å²) in [5.41, 5.74) is 1.78. The summed E-state index contributed by atoms with van der Waals surface area (Å²) in [5.74, 6) is 0.106. The van der Waals surface area contributed by atoms with E-state index in [4.69, 9.17) is 0 Å². The van der Waals surface area contributed by atoms with Gasteiger partial charge in [-0.1, -0.05) is 22.0 Å². The average Bonchev–Trinajstić information content (AvgIpc) is 2.69. The topological polar surface area (TPSA) is 17.1 Å². The first kappa shape index (κ1) is 10.6. The van der Waals surface area contributed by atoms with Gasteiger partial charge in [0.1, 0.15) is 0 Å². The molecule has 1 aromatic carbocycles. The molecular weight excluding hydrogens is 272 g/mol. The van der Waals surface area contributed by atoms with Gasteiger partial charge in [0.25, 0.3) is 0 Å². The minimum absolute atomic E-state index is 0.106. The highest BCUT2D eigenvalue weighted by Crippen LogP contribution is 2.20. The van der Waals surface area contributed by atoms with E-state index >= 15 is 0 Å². The predicted molar refractivity (Wildman–Crippen MR) is 66.6 cm³/mol. The normalized spacial score (nSPS) is 10.3. The Morgan fingerprint density at radius 1 is 1.33 bits per heavy atom. The Morgan fingerprint density at radius 2 is 2.13 bits per heavy atom. The Morgan fingerprint density at radius 3 is 2.73 bits per heavy atom. The molecule has 0 aliphatic heterocycles. The molecule has 0 N–H and O–H groups in total. The van der Waals surface area contributed by atoms with Crippen LogP contribution in [0.3, 0.4) is 0 Å². The molecule has 0 fully saturated rings. The summed E-state index contributed by atoms with van der Waals surface area (Å²) < 4.78 is 1.00. The van der Waals surface area contributed by atoms with Crippen LogP contribution in [0.4, 0.5) is 0 Å². The molecule has 15 heavy (non-hydrogen) atoms. The molecule has 76 valence electrons. The highest BCUT2D eigenvalue weighted by Gasteiger charge is 2.12. The summed E-state index contributed by atoms with van der Waals surface area (Å²) in [6, 6.07) is 9.47. The van der Waals surface area contributed by atoms with Gasteiger partial charge in [-0.25, -0.2) is 0 Å². The van der Waals surface area contributed by atoms with Gasteiger partial charge in [0.2, 0.25) is 5.78 Å². The second kappa shape index (κ2) is 4.29. The average molecular weight is 281 g/mol. The van der Waals surface area contributed by atoms with E-state index in [1.807, 2.05) is 42.6 Å².